The molecule has 2 rings (SSSR count). The van der Waals surface area contributed by atoms with Gasteiger partial charge in [0, 0.05) is 0 Å². The largest absolute Gasteiger partial charge is 0.466 e. The van der Waals surface area contributed by atoms with Gasteiger partial charge in [-0.3, -0.25) is 0 Å². The van der Waals surface area contributed by atoms with E-state index in [1.807, 2.05) is 12.1 Å². The number of rotatable bonds is 3. The molecule has 1 aromatic heterocycles. The Morgan fingerprint density at radius 3 is 3.09 bits per heavy atom. The van der Waals surface area contributed by atoms with Gasteiger partial charge in [-0.2, -0.15) is 0 Å². The van der Waals surface area contributed by atoms with Crippen molar-refractivity contribution >= 4 is 0 Å². The number of epoxide rings is 1. The average molecular weight is 152 g/mol. The van der Waals surface area contributed by atoms with Gasteiger partial charge in [0.15, 0.2) is 0 Å². The van der Waals surface area contributed by atoms with Crippen molar-refractivity contribution in [1.29, 1.82) is 0 Å². The molecule has 2 nitrogen and oxygen atoms in total. The zero-order valence-electron chi connectivity index (χ0n) is 6.62. The van der Waals surface area contributed by atoms with Gasteiger partial charge >= 0.3 is 0 Å². The molecule has 0 saturated carbocycles. The zero-order chi connectivity index (χ0) is 7.68. The van der Waals surface area contributed by atoms with E-state index < -0.39 is 0 Å². The summed E-state index contributed by atoms with van der Waals surface area (Å²) in [5, 5.41) is 0. The van der Waals surface area contributed by atoms with E-state index in [0.29, 0.717) is 6.10 Å². The molecule has 2 heteroatoms. The van der Waals surface area contributed by atoms with Gasteiger partial charge in [0.2, 0.25) is 0 Å². The van der Waals surface area contributed by atoms with Gasteiger partial charge in [-0.05, 0) is 18.6 Å². The minimum atomic E-state index is 0.255. The van der Waals surface area contributed by atoms with E-state index in [9.17, 15) is 0 Å². The highest BCUT2D eigenvalue weighted by Gasteiger charge is 2.41. The Morgan fingerprint density at radius 1 is 1.55 bits per heavy atom. The summed E-state index contributed by atoms with van der Waals surface area (Å²) >= 11 is 0. The fraction of sp³-hybridized carbons (Fsp3) is 0.556. The Hall–Kier alpha value is -0.760. The van der Waals surface area contributed by atoms with Crippen LogP contribution >= 0.6 is 0 Å². The summed E-state index contributed by atoms with van der Waals surface area (Å²) in [6, 6.07) is 3.88. The second-order valence-corrected chi connectivity index (χ2v) is 2.90. The molecule has 0 aromatic carbocycles. The summed E-state index contributed by atoms with van der Waals surface area (Å²) < 4.78 is 10.6. The van der Waals surface area contributed by atoms with Crippen LogP contribution in [0, 0.1) is 0 Å². The predicted octanol–water partition coefficient (Wildman–Crippen LogP) is 2.52. The van der Waals surface area contributed by atoms with Crippen LogP contribution < -0.4 is 0 Å². The van der Waals surface area contributed by atoms with Crippen molar-refractivity contribution in [3.05, 3.63) is 24.2 Å². The van der Waals surface area contributed by atoms with Crippen molar-refractivity contribution in [1.82, 2.24) is 0 Å². The van der Waals surface area contributed by atoms with Crippen LogP contribution in [0.25, 0.3) is 0 Å². The molecule has 0 amide bonds. The topological polar surface area (TPSA) is 25.7 Å². The molecule has 0 aliphatic carbocycles. The van der Waals surface area contributed by atoms with Gasteiger partial charge in [0.25, 0.3) is 0 Å². The van der Waals surface area contributed by atoms with E-state index in [1.165, 1.54) is 6.42 Å². The minimum absolute atomic E-state index is 0.255. The van der Waals surface area contributed by atoms with Crippen molar-refractivity contribution in [2.24, 2.45) is 0 Å². The molecule has 1 aliphatic heterocycles. The zero-order valence-corrected chi connectivity index (χ0v) is 6.62. The van der Waals surface area contributed by atoms with Crippen LogP contribution in [0.1, 0.15) is 31.6 Å². The Kier molecular flexibility index (Phi) is 1.70. The molecule has 0 unspecified atom stereocenters. The van der Waals surface area contributed by atoms with Crippen LogP contribution in [0.5, 0.6) is 0 Å². The number of furan rings is 1. The molecule has 60 valence electrons. The monoisotopic (exact) mass is 152 g/mol. The van der Waals surface area contributed by atoms with E-state index in [-0.39, 0.29) is 6.10 Å². The lowest BCUT2D eigenvalue weighted by atomic mass is 10.2. The standard InChI is InChI=1S/C9H12O2/c1-2-4-8-9(11-8)7-5-3-6-10-7/h3,5-6,8-9H,2,4H2,1H3/t8-,9-/m0/s1. The Balaban J connectivity index is 1.92. The minimum Gasteiger partial charge on any atom is -0.466 e. The Labute approximate surface area is 66.2 Å². The summed E-state index contributed by atoms with van der Waals surface area (Å²) in [7, 11) is 0. The molecule has 0 N–H and O–H groups in total. The molecule has 0 bridgehead atoms. The van der Waals surface area contributed by atoms with Crippen LogP contribution in [0.15, 0.2) is 22.8 Å². The first kappa shape index (κ1) is 6.92. The van der Waals surface area contributed by atoms with E-state index in [1.54, 1.807) is 6.26 Å². The van der Waals surface area contributed by atoms with Gasteiger partial charge in [-0.15, -0.1) is 0 Å². The first-order valence-corrected chi connectivity index (χ1v) is 4.10. The van der Waals surface area contributed by atoms with Crippen LogP contribution in [0.3, 0.4) is 0 Å². The van der Waals surface area contributed by atoms with Crippen LogP contribution in [-0.4, -0.2) is 6.10 Å². The highest BCUT2D eigenvalue weighted by molar-refractivity contribution is 5.09. The number of hydrogen-bond donors (Lipinski definition) is 0. The normalized spacial score (nSPS) is 28.8. The number of hydrogen-bond acceptors (Lipinski definition) is 2. The molecule has 1 aliphatic rings. The van der Waals surface area contributed by atoms with Crippen molar-refractivity contribution in [2.75, 3.05) is 0 Å². The summed E-state index contributed by atoms with van der Waals surface area (Å²) in [5.74, 6) is 0.975. The van der Waals surface area contributed by atoms with Crippen LogP contribution in [0.4, 0.5) is 0 Å². The van der Waals surface area contributed by atoms with Crippen LogP contribution in [-0.2, 0) is 4.74 Å². The maximum absolute atomic E-state index is 5.41. The lowest BCUT2D eigenvalue weighted by molar-refractivity contribution is 0.342. The van der Waals surface area contributed by atoms with E-state index in [2.05, 4.69) is 6.92 Å². The quantitative estimate of drug-likeness (QED) is 0.622. The van der Waals surface area contributed by atoms with E-state index >= 15 is 0 Å². The van der Waals surface area contributed by atoms with Crippen molar-refractivity contribution in [3.63, 3.8) is 0 Å². The SMILES string of the molecule is CCC[C@@H]1O[C@H]1c1ccco1. The first-order chi connectivity index (χ1) is 5.42. The van der Waals surface area contributed by atoms with E-state index in [0.717, 1.165) is 12.2 Å². The molecule has 1 aromatic rings. The third kappa shape index (κ3) is 1.31. The molecule has 11 heavy (non-hydrogen) atoms. The molecule has 2 atom stereocenters. The summed E-state index contributed by atoms with van der Waals surface area (Å²) in [6.45, 7) is 2.17. The molecule has 0 spiro atoms. The predicted molar refractivity (Wildman–Crippen MR) is 41.2 cm³/mol. The first-order valence-electron chi connectivity index (χ1n) is 4.10. The lowest BCUT2D eigenvalue weighted by Crippen LogP contribution is -1.85. The third-order valence-electron chi connectivity index (χ3n) is 1.98. The second-order valence-electron chi connectivity index (χ2n) is 2.90. The van der Waals surface area contributed by atoms with Crippen molar-refractivity contribution in [3.8, 4) is 0 Å². The van der Waals surface area contributed by atoms with E-state index in [4.69, 9.17) is 9.15 Å². The van der Waals surface area contributed by atoms with Crippen molar-refractivity contribution < 1.29 is 9.15 Å². The fourth-order valence-corrected chi connectivity index (χ4v) is 1.35. The molecule has 0 radical (unpaired) electrons. The van der Waals surface area contributed by atoms with Gasteiger partial charge < -0.3 is 9.15 Å². The van der Waals surface area contributed by atoms with Gasteiger partial charge in [-0.1, -0.05) is 13.3 Å². The maximum atomic E-state index is 5.41. The fourth-order valence-electron chi connectivity index (χ4n) is 1.35. The lowest BCUT2D eigenvalue weighted by Gasteiger charge is -1.86. The molecule has 2 heterocycles. The highest BCUT2D eigenvalue weighted by atomic mass is 16.6. The molecule has 1 saturated heterocycles. The summed E-state index contributed by atoms with van der Waals surface area (Å²) in [4.78, 5) is 0. The number of ether oxygens (including phenoxy) is 1. The van der Waals surface area contributed by atoms with Gasteiger partial charge in [0.05, 0.1) is 12.4 Å². The smallest absolute Gasteiger partial charge is 0.142 e. The average Bonchev–Trinajstić information content (AvgIpc) is 2.61. The Morgan fingerprint density at radius 2 is 2.45 bits per heavy atom. The molecular weight excluding hydrogens is 140 g/mol. The maximum Gasteiger partial charge on any atom is 0.142 e. The van der Waals surface area contributed by atoms with Crippen LogP contribution in [0.2, 0.25) is 0 Å². The third-order valence-corrected chi connectivity index (χ3v) is 1.98. The van der Waals surface area contributed by atoms with Crippen molar-refractivity contribution in [2.45, 2.75) is 32.0 Å². The summed E-state index contributed by atoms with van der Waals surface area (Å²) in [5.41, 5.74) is 0. The van der Waals surface area contributed by atoms with Gasteiger partial charge in [-0.25, -0.2) is 0 Å². The highest BCUT2D eigenvalue weighted by Crippen LogP contribution is 2.41. The molecular formula is C9H12O2. The summed E-state index contributed by atoms with van der Waals surface area (Å²) in [6.07, 6.45) is 4.70. The molecule has 1 fully saturated rings. The Bertz CT molecular complexity index is 215. The van der Waals surface area contributed by atoms with Gasteiger partial charge in [0.1, 0.15) is 11.9 Å². The second kappa shape index (κ2) is 2.70.